The van der Waals surface area contributed by atoms with Crippen LogP contribution in [0.25, 0.3) is 0 Å². The maximum Gasteiger partial charge on any atom is 0.269 e. The number of nitro groups is 1. The largest absolute Gasteiger partial charge is 0.334 e. The molecule has 0 saturated carbocycles. The van der Waals surface area contributed by atoms with E-state index in [4.69, 9.17) is 0 Å². The lowest BCUT2D eigenvalue weighted by Gasteiger charge is -2.28. The van der Waals surface area contributed by atoms with E-state index < -0.39 is 4.92 Å². The Balaban J connectivity index is 1.77. The van der Waals surface area contributed by atoms with Gasteiger partial charge in [-0.15, -0.1) is 0 Å². The lowest BCUT2D eigenvalue weighted by Crippen LogP contribution is -2.36. The average molecular weight is 282 g/mol. The minimum absolute atomic E-state index is 0.0233. The molecule has 0 fully saturated rings. The van der Waals surface area contributed by atoms with Gasteiger partial charge in [0.15, 0.2) is 0 Å². The molecule has 0 bridgehead atoms. The second kappa shape index (κ2) is 5.36. The van der Waals surface area contributed by atoms with Crippen LogP contribution < -0.4 is 0 Å². The van der Waals surface area contributed by atoms with Crippen LogP contribution in [-0.2, 0) is 13.0 Å². The molecule has 21 heavy (non-hydrogen) atoms. The molecule has 3 rings (SSSR count). The van der Waals surface area contributed by atoms with Gasteiger partial charge in [0.2, 0.25) is 0 Å². The van der Waals surface area contributed by atoms with E-state index in [-0.39, 0.29) is 11.6 Å². The number of fused-ring (bicyclic) bond motifs is 1. The van der Waals surface area contributed by atoms with Crippen molar-refractivity contribution in [2.75, 3.05) is 6.54 Å². The fourth-order valence-corrected chi connectivity index (χ4v) is 2.57. The van der Waals surface area contributed by atoms with Gasteiger partial charge in [-0.05, 0) is 23.6 Å². The van der Waals surface area contributed by atoms with Crippen LogP contribution in [0.2, 0.25) is 0 Å². The number of nitrogens with zero attached hydrogens (tertiary/aromatic N) is 2. The molecule has 106 valence electrons. The number of hydrogen-bond donors (Lipinski definition) is 0. The lowest BCUT2D eigenvalue weighted by molar-refractivity contribution is -0.384. The number of non-ortho nitro benzene ring substituents is 1. The molecule has 0 saturated heterocycles. The van der Waals surface area contributed by atoms with Gasteiger partial charge >= 0.3 is 0 Å². The van der Waals surface area contributed by atoms with Crippen molar-refractivity contribution in [2.45, 2.75) is 13.0 Å². The number of carbonyl (C=O) groups is 1. The topological polar surface area (TPSA) is 63.5 Å². The van der Waals surface area contributed by atoms with Crippen LogP contribution in [0, 0.1) is 10.1 Å². The van der Waals surface area contributed by atoms with Crippen molar-refractivity contribution in [2.24, 2.45) is 0 Å². The predicted octanol–water partition coefficient (Wildman–Crippen LogP) is 2.79. The van der Waals surface area contributed by atoms with E-state index in [0.29, 0.717) is 13.1 Å². The standard InChI is InChI=1S/C16H14N2O3/c19-16-15-4-2-1-3-13(15)9-10-17(16)11-12-5-7-14(8-6-12)18(20)21/h1-8H,9-11H2. The first-order valence-corrected chi connectivity index (χ1v) is 6.75. The summed E-state index contributed by atoms with van der Waals surface area (Å²) < 4.78 is 0. The molecule has 0 N–H and O–H groups in total. The molecule has 1 aliphatic rings. The third-order valence-electron chi connectivity index (χ3n) is 3.71. The Labute approximate surface area is 122 Å². The predicted molar refractivity (Wildman–Crippen MR) is 78.0 cm³/mol. The van der Waals surface area contributed by atoms with E-state index in [1.807, 2.05) is 24.3 Å². The molecule has 0 radical (unpaired) electrons. The van der Waals surface area contributed by atoms with Gasteiger partial charge in [0.25, 0.3) is 11.6 Å². The van der Waals surface area contributed by atoms with Crippen LogP contribution in [0.15, 0.2) is 48.5 Å². The van der Waals surface area contributed by atoms with Crippen molar-refractivity contribution in [1.82, 2.24) is 4.90 Å². The number of nitro benzene ring substituents is 1. The number of benzene rings is 2. The molecule has 5 heteroatoms. The fraction of sp³-hybridized carbons (Fsp3) is 0.188. The third kappa shape index (κ3) is 2.63. The van der Waals surface area contributed by atoms with E-state index in [2.05, 4.69) is 0 Å². The van der Waals surface area contributed by atoms with Gasteiger partial charge in [-0.1, -0.05) is 30.3 Å². The quantitative estimate of drug-likeness (QED) is 0.642. The Kier molecular flexibility index (Phi) is 3.39. The maximum absolute atomic E-state index is 12.4. The van der Waals surface area contributed by atoms with Crippen molar-refractivity contribution in [1.29, 1.82) is 0 Å². The summed E-state index contributed by atoms with van der Waals surface area (Å²) in [6.07, 6.45) is 0.842. The summed E-state index contributed by atoms with van der Waals surface area (Å²) in [5, 5.41) is 10.6. The summed E-state index contributed by atoms with van der Waals surface area (Å²) in [5.41, 5.74) is 2.80. The van der Waals surface area contributed by atoms with Gasteiger partial charge in [-0.25, -0.2) is 0 Å². The molecular formula is C16H14N2O3. The highest BCUT2D eigenvalue weighted by Crippen LogP contribution is 2.21. The van der Waals surface area contributed by atoms with Gasteiger partial charge in [-0.3, -0.25) is 14.9 Å². The molecular weight excluding hydrogens is 268 g/mol. The summed E-state index contributed by atoms with van der Waals surface area (Å²) in [5.74, 6) is 0.0233. The Hall–Kier alpha value is -2.69. The molecule has 0 spiro atoms. The monoisotopic (exact) mass is 282 g/mol. The summed E-state index contributed by atoms with van der Waals surface area (Å²) in [4.78, 5) is 24.4. The van der Waals surface area contributed by atoms with Crippen molar-refractivity contribution < 1.29 is 9.72 Å². The molecule has 0 aliphatic carbocycles. The summed E-state index contributed by atoms with van der Waals surface area (Å²) in [7, 11) is 0. The van der Waals surface area contributed by atoms with E-state index in [0.717, 1.165) is 23.1 Å². The zero-order chi connectivity index (χ0) is 14.8. The van der Waals surface area contributed by atoms with Crippen LogP contribution >= 0.6 is 0 Å². The van der Waals surface area contributed by atoms with Gasteiger partial charge in [0.1, 0.15) is 0 Å². The summed E-state index contributed by atoms with van der Waals surface area (Å²) in [6, 6.07) is 14.0. The molecule has 0 aromatic heterocycles. The number of hydrogen-bond acceptors (Lipinski definition) is 3. The number of carbonyl (C=O) groups excluding carboxylic acids is 1. The van der Waals surface area contributed by atoms with Crippen LogP contribution in [0.3, 0.4) is 0 Å². The smallest absolute Gasteiger partial charge is 0.269 e. The molecule has 2 aromatic carbocycles. The van der Waals surface area contributed by atoms with Crippen molar-refractivity contribution in [3.05, 3.63) is 75.3 Å². The highest BCUT2D eigenvalue weighted by atomic mass is 16.6. The minimum atomic E-state index is -0.425. The Morgan fingerprint density at radius 2 is 1.81 bits per heavy atom. The molecule has 1 amide bonds. The van der Waals surface area contributed by atoms with Crippen LogP contribution in [0.5, 0.6) is 0 Å². The maximum atomic E-state index is 12.4. The minimum Gasteiger partial charge on any atom is -0.334 e. The van der Waals surface area contributed by atoms with Gasteiger partial charge in [0.05, 0.1) is 4.92 Å². The second-order valence-electron chi connectivity index (χ2n) is 5.06. The first-order valence-electron chi connectivity index (χ1n) is 6.75. The van der Waals surface area contributed by atoms with Crippen LogP contribution in [-0.4, -0.2) is 22.3 Å². The Bertz CT molecular complexity index is 695. The fourth-order valence-electron chi connectivity index (χ4n) is 2.57. The normalized spacial score (nSPS) is 13.9. The van der Waals surface area contributed by atoms with Crippen LogP contribution in [0.1, 0.15) is 21.5 Å². The molecule has 5 nitrogen and oxygen atoms in total. The van der Waals surface area contributed by atoms with E-state index >= 15 is 0 Å². The zero-order valence-electron chi connectivity index (χ0n) is 11.4. The first-order chi connectivity index (χ1) is 10.1. The van der Waals surface area contributed by atoms with Gasteiger partial charge in [-0.2, -0.15) is 0 Å². The number of rotatable bonds is 3. The highest BCUT2D eigenvalue weighted by Gasteiger charge is 2.23. The van der Waals surface area contributed by atoms with Crippen molar-refractivity contribution in [3.8, 4) is 0 Å². The molecule has 1 heterocycles. The number of amides is 1. The van der Waals surface area contributed by atoms with Crippen LogP contribution in [0.4, 0.5) is 5.69 Å². The second-order valence-corrected chi connectivity index (χ2v) is 5.06. The Morgan fingerprint density at radius 3 is 2.52 bits per heavy atom. The third-order valence-corrected chi connectivity index (χ3v) is 3.71. The van der Waals surface area contributed by atoms with E-state index in [1.54, 1.807) is 17.0 Å². The molecule has 1 aliphatic heterocycles. The van der Waals surface area contributed by atoms with Gasteiger partial charge < -0.3 is 4.90 Å². The molecule has 0 atom stereocenters. The lowest BCUT2D eigenvalue weighted by atomic mass is 9.99. The first kappa shape index (κ1) is 13.3. The molecule has 0 unspecified atom stereocenters. The van der Waals surface area contributed by atoms with Crippen molar-refractivity contribution in [3.63, 3.8) is 0 Å². The highest BCUT2D eigenvalue weighted by molar-refractivity contribution is 5.96. The Morgan fingerprint density at radius 1 is 1.10 bits per heavy atom. The summed E-state index contributed by atoms with van der Waals surface area (Å²) in [6.45, 7) is 1.15. The van der Waals surface area contributed by atoms with Gasteiger partial charge in [0, 0.05) is 30.8 Å². The zero-order valence-corrected chi connectivity index (χ0v) is 11.4. The van der Waals surface area contributed by atoms with E-state index in [9.17, 15) is 14.9 Å². The average Bonchev–Trinajstić information content (AvgIpc) is 2.51. The SMILES string of the molecule is O=C1c2ccccc2CCN1Cc1ccc([N+](=O)[O-])cc1. The summed E-state index contributed by atoms with van der Waals surface area (Å²) >= 11 is 0. The molecule has 2 aromatic rings. The van der Waals surface area contributed by atoms with E-state index in [1.165, 1.54) is 12.1 Å². The van der Waals surface area contributed by atoms with Crippen molar-refractivity contribution >= 4 is 11.6 Å².